The van der Waals surface area contributed by atoms with Crippen LogP contribution < -0.4 is 10.5 Å². The van der Waals surface area contributed by atoms with Crippen LogP contribution >= 0.6 is 11.3 Å². The molecule has 0 aliphatic rings. The van der Waals surface area contributed by atoms with Crippen molar-refractivity contribution < 1.29 is 14.6 Å². The Morgan fingerprint density at radius 1 is 1.37 bits per heavy atom. The molecule has 1 aromatic heterocycles. The Labute approximate surface area is 115 Å². The summed E-state index contributed by atoms with van der Waals surface area (Å²) in [6.45, 7) is 1.99. The lowest BCUT2D eigenvalue weighted by molar-refractivity contribution is 0.0699. The lowest BCUT2D eigenvalue weighted by Gasteiger charge is -2.06. The SMILES string of the molecule is CCc1sc(N)c(C(=O)O)c1-c1ccc(OC)cc1. The molecule has 0 aliphatic heterocycles. The minimum absolute atomic E-state index is 0.201. The number of benzene rings is 1. The molecule has 5 heteroatoms. The fraction of sp³-hybridized carbons (Fsp3) is 0.214. The zero-order valence-corrected chi connectivity index (χ0v) is 11.6. The molecule has 0 saturated carbocycles. The van der Waals surface area contributed by atoms with Gasteiger partial charge in [-0.3, -0.25) is 0 Å². The van der Waals surface area contributed by atoms with Gasteiger partial charge >= 0.3 is 5.97 Å². The molecule has 0 fully saturated rings. The second kappa shape index (κ2) is 5.32. The Morgan fingerprint density at radius 3 is 2.47 bits per heavy atom. The lowest BCUT2D eigenvalue weighted by Crippen LogP contribution is -2.01. The summed E-state index contributed by atoms with van der Waals surface area (Å²) in [5.74, 6) is -0.249. The maximum absolute atomic E-state index is 11.4. The molecule has 0 saturated heterocycles. The summed E-state index contributed by atoms with van der Waals surface area (Å²) >= 11 is 1.34. The van der Waals surface area contributed by atoms with Crippen LogP contribution in [-0.4, -0.2) is 18.2 Å². The van der Waals surface area contributed by atoms with E-state index in [-0.39, 0.29) is 5.56 Å². The molecule has 0 atom stereocenters. The first-order valence-corrected chi connectivity index (χ1v) is 6.69. The number of methoxy groups -OCH3 is 1. The van der Waals surface area contributed by atoms with Gasteiger partial charge in [-0.25, -0.2) is 4.79 Å². The maximum atomic E-state index is 11.4. The zero-order chi connectivity index (χ0) is 14.0. The van der Waals surface area contributed by atoms with Crippen molar-refractivity contribution in [2.75, 3.05) is 12.8 Å². The van der Waals surface area contributed by atoms with E-state index in [4.69, 9.17) is 10.5 Å². The predicted molar refractivity (Wildman–Crippen MR) is 77.1 cm³/mol. The number of aromatic carboxylic acids is 1. The van der Waals surface area contributed by atoms with Gasteiger partial charge in [-0.2, -0.15) is 0 Å². The Bertz CT molecular complexity index is 602. The van der Waals surface area contributed by atoms with Gasteiger partial charge in [-0.15, -0.1) is 11.3 Å². The fourth-order valence-corrected chi connectivity index (χ4v) is 3.04. The van der Waals surface area contributed by atoms with Gasteiger partial charge in [0, 0.05) is 10.4 Å². The first kappa shape index (κ1) is 13.4. The highest BCUT2D eigenvalue weighted by Crippen LogP contribution is 2.39. The number of nitrogen functional groups attached to an aromatic ring is 1. The summed E-state index contributed by atoms with van der Waals surface area (Å²) in [4.78, 5) is 12.4. The molecular formula is C14H15NO3S. The van der Waals surface area contributed by atoms with E-state index >= 15 is 0 Å². The van der Waals surface area contributed by atoms with Crippen molar-refractivity contribution in [3.63, 3.8) is 0 Å². The van der Waals surface area contributed by atoms with E-state index < -0.39 is 5.97 Å². The summed E-state index contributed by atoms with van der Waals surface area (Å²) in [6, 6.07) is 7.33. The number of rotatable bonds is 4. The highest BCUT2D eigenvalue weighted by atomic mass is 32.1. The highest BCUT2D eigenvalue weighted by molar-refractivity contribution is 7.17. The predicted octanol–water partition coefficient (Wildman–Crippen LogP) is 3.27. The number of thiophene rings is 1. The summed E-state index contributed by atoms with van der Waals surface area (Å²) in [6.07, 6.45) is 0.753. The molecule has 1 aromatic carbocycles. The van der Waals surface area contributed by atoms with Crippen molar-refractivity contribution in [3.05, 3.63) is 34.7 Å². The van der Waals surface area contributed by atoms with E-state index in [0.29, 0.717) is 5.00 Å². The van der Waals surface area contributed by atoms with E-state index in [2.05, 4.69) is 0 Å². The molecular weight excluding hydrogens is 262 g/mol. The molecule has 19 heavy (non-hydrogen) atoms. The van der Waals surface area contributed by atoms with Gasteiger partial charge < -0.3 is 15.6 Å². The van der Waals surface area contributed by atoms with Crippen LogP contribution in [0.15, 0.2) is 24.3 Å². The normalized spacial score (nSPS) is 10.4. The summed E-state index contributed by atoms with van der Waals surface area (Å²) in [5, 5.41) is 9.68. The van der Waals surface area contributed by atoms with Gasteiger partial charge in [0.05, 0.1) is 7.11 Å². The minimum atomic E-state index is -0.987. The van der Waals surface area contributed by atoms with Crippen molar-refractivity contribution in [3.8, 4) is 16.9 Å². The molecule has 0 unspecified atom stereocenters. The van der Waals surface area contributed by atoms with Gasteiger partial charge in [0.25, 0.3) is 0 Å². The Morgan fingerprint density at radius 2 is 2.00 bits per heavy atom. The van der Waals surface area contributed by atoms with Crippen LogP contribution in [0.25, 0.3) is 11.1 Å². The molecule has 4 nitrogen and oxygen atoms in total. The smallest absolute Gasteiger partial charge is 0.339 e. The van der Waals surface area contributed by atoms with Gasteiger partial charge in [0.2, 0.25) is 0 Å². The van der Waals surface area contributed by atoms with E-state index in [9.17, 15) is 9.90 Å². The summed E-state index contributed by atoms with van der Waals surface area (Å²) < 4.78 is 5.11. The van der Waals surface area contributed by atoms with Crippen LogP contribution in [0.4, 0.5) is 5.00 Å². The number of carboxylic acid groups (broad SMARTS) is 1. The van der Waals surface area contributed by atoms with Crippen molar-refractivity contribution in [2.24, 2.45) is 0 Å². The molecule has 0 amide bonds. The first-order chi connectivity index (χ1) is 9.08. The summed E-state index contributed by atoms with van der Waals surface area (Å²) in [7, 11) is 1.59. The highest BCUT2D eigenvalue weighted by Gasteiger charge is 2.22. The molecule has 1 heterocycles. The lowest BCUT2D eigenvalue weighted by atomic mass is 10.00. The molecule has 0 aliphatic carbocycles. The third-order valence-corrected chi connectivity index (χ3v) is 4.09. The second-order valence-electron chi connectivity index (χ2n) is 4.03. The summed E-state index contributed by atoms with van der Waals surface area (Å²) in [5.41, 5.74) is 7.60. The van der Waals surface area contributed by atoms with Crippen molar-refractivity contribution in [2.45, 2.75) is 13.3 Å². The molecule has 0 bridgehead atoms. The van der Waals surface area contributed by atoms with Crippen LogP contribution in [0.1, 0.15) is 22.2 Å². The largest absolute Gasteiger partial charge is 0.497 e. The zero-order valence-electron chi connectivity index (χ0n) is 10.8. The van der Waals surface area contributed by atoms with E-state index in [1.807, 2.05) is 31.2 Å². The minimum Gasteiger partial charge on any atom is -0.497 e. The number of ether oxygens (including phenoxy) is 1. The third-order valence-electron chi connectivity index (χ3n) is 2.92. The topological polar surface area (TPSA) is 72.6 Å². The number of anilines is 1. The molecule has 0 radical (unpaired) electrons. The Hall–Kier alpha value is -2.01. The van der Waals surface area contributed by atoms with Crippen molar-refractivity contribution in [1.29, 1.82) is 0 Å². The standard InChI is InChI=1S/C14H15NO3S/c1-3-10-11(12(14(16)17)13(15)19-10)8-4-6-9(18-2)7-5-8/h4-7H,3,15H2,1-2H3,(H,16,17). The Kier molecular flexibility index (Phi) is 3.76. The Balaban J connectivity index is 2.61. The number of hydrogen-bond donors (Lipinski definition) is 2. The first-order valence-electron chi connectivity index (χ1n) is 5.87. The molecule has 2 aromatic rings. The van der Waals surface area contributed by atoms with Crippen LogP contribution in [-0.2, 0) is 6.42 Å². The maximum Gasteiger partial charge on any atom is 0.339 e. The van der Waals surface area contributed by atoms with Gasteiger partial charge in [0.1, 0.15) is 16.3 Å². The average Bonchev–Trinajstić information content (AvgIpc) is 2.75. The van der Waals surface area contributed by atoms with Crippen LogP contribution in [0.5, 0.6) is 5.75 Å². The number of carbonyl (C=O) groups is 1. The number of aryl methyl sites for hydroxylation is 1. The number of carboxylic acids is 1. The molecule has 2 rings (SSSR count). The average molecular weight is 277 g/mol. The van der Waals surface area contributed by atoms with Gasteiger partial charge in [-0.05, 0) is 24.1 Å². The third kappa shape index (κ3) is 2.42. The van der Waals surface area contributed by atoms with Gasteiger partial charge in [0.15, 0.2) is 0 Å². The van der Waals surface area contributed by atoms with E-state index in [1.165, 1.54) is 11.3 Å². The molecule has 3 N–H and O–H groups in total. The van der Waals surface area contributed by atoms with Crippen LogP contribution in [0.2, 0.25) is 0 Å². The van der Waals surface area contributed by atoms with E-state index in [1.54, 1.807) is 7.11 Å². The molecule has 100 valence electrons. The van der Waals surface area contributed by atoms with Crippen molar-refractivity contribution in [1.82, 2.24) is 0 Å². The number of nitrogens with two attached hydrogens (primary N) is 1. The quantitative estimate of drug-likeness (QED) is 0.899. The van der Waals surface area contributed by atoms with Crippen LogP contribution in [0, 0.1) is 0 Å². The second-order valence-corrected chi connectivity index (χ2v) is 5.16. The number of hydrogen-bond acceptors (Lipinski definition) is 4. The monoisotopic (exact) mass is 277 g/mol. The van der Waals surface area contributed by atoms with Crippen molar-refractivity contribution >= 4 is 22.3 Å². The molecule has 0 spiro atoms. The van der Waals surface area contributed by atoms with E-state index in [0.717, 1.165) is 28.2 Å². The van der Waals surface area contributed by atoms with Gasteiger partial charge in [-0.1, -0.05) is 19.1 Å². The fourth-order valence-electron chi connectivity index (χ4n) is 2.02. The van der Waals surface area contributed by atoms with Crippen LogP contribution in [0.3, 0.4) is 0 Å².